The summed E-state index contributed by atoms with van der Waals surface area (Å²) in [6, 6.07) is 18.4. The Labute approximate surface area is 194 Å². The molecule has 1 atom stereocenters. The van der Waals surface area contributed by atoms with E-state index in [0.29, 0.717) is 22.7 Å². The molecule has 1 amide bonds. The molecule has 2 aromatic carbocycles. The monoisotopic (exact) mass is 492 g/mol. The zero-order valence-corrected chi connectivity index (χ0v) is 19.1. The number of carbonyl (C=O) groups is 2. The molecule has 1 saturated heterocycles. The smallest absolute Gasteiger partial charge is 0.301 e. The lowest BCUT2D eigenvalue weighted by molar-refractivity contribution is -0.132. The highest BCUT2D eigenvalue weighted by molar-refractivity contribution is 9.10. The Kier molecular flexibility index (Phi) is 6.10. The molecule has 2 heterocycles. The van der Waals surface area contributed by atoms with Crippen LogP contribution in [0.3, 0.4) is 0 Å². The molecule has 1 aromatic heterocycles. The van der Waals surface area contributed by atoms with Crippen LogP contribution >= 0.6 is 15.9 Å². The Morgan fingerprint density at radius 2 is 1.72 bits per heavy atom. The molecule has 3 aromatic rings. The molecular formula is C25H21BrN2O4. The van der Waals surface area contributed by atoms with Gasteiger partial charge >= 0.3 is 5.91 Å². The van der Waals surface area contributed by atoms with Crippen LogP contribution in [0.25, 0.3) is 5.76 Å². The number of nitrogens with zero attached hydrogens (tertiary/aromatic N) is 2. The third kappa shape index (κ3) is 4.16. The molecule has 4 rings (SSSR count). The van der Waals surface area contributed by atoms with E-state index >= 15 is 0 Å². The molecular weight excluding hydrogens is 472 g/mol. The summed E-state index contributed by atoms with van der Waals surface area (Å²) in [5.74, 6) is -0.760. The third-order valence-electron chi connectivity index (χ3n) is 5.03. The van der Waals surface area contributed by atoms with Crippen LogP contribution in [0.2, 0.25) is 0 Å². The maximum Gasteiger partial charge on any atom is 0.301 e. The molecule has 0 aliphatic carbocycles. The predicted octanol–water partition coefficient (Wildman–Crippen LogP) is 5.26. The van der Waals surface area contributed by atoms with Crippen molar-refractivity contribution >= 4 is 39.2 Å². The Morgan fingerprint density at radius 3 is 2.31 bits per heavy atom. The van der Waals surface area contributed by atoms with Crippen molar-refractivity contribution in [2.45, 2.75) is 26.0 Å². The summed E-state index contributed by atoms with van der Waals surface area (Å²) >= 11 is 3.41. The number of rotatable bonds is 5. The van der Waals surface area contributed by atoms with E-state index in [4.69, 9.17) is 4.74 Å². The van der Waals surface area contributed by atoms with Gasteiger partial charge < -0.3 is 9.84 Å². The lowest BCUT2D eigenvalue weighted by Gasteiger charge is -2.24. The van der Waals surface area contributed by atoms with Gasteiger partial charge in [0.15, 0.2) is 0 Å². The number of halogens is 1. The van der Waals surface area contributed by atoms with E-state index in [1.54, 1.807) is 48.7 Å². The summed E-state index contributed by atoms with van der Waals surface area (Å²) in [6.45, 7) is 3.84. The van der Waals surface area contributed by atoms with Crippen LogP contribution in [-0.2, 0) is 9.59 Å². The highest BCUT2D eigenvalue weighted by Gasteiger charge is 2.47. The number of ketones is 1. The molecule has 6 nitrogen and oxygen atoms in total. The molecule has 7 heteroatoms. The topological polar surface area (TPSA) is 79.7 Å². The molecule has 1 aliphatic heterocycles. The van der Waals surface area contributed by atoms with Gasteiger partial charge in [0, 0.05) is 16.2 Å². The number of aliphatic hydroxyl groups is 1. The Balaban J connectivity index is 1.85. The van der Waals surface area contributed by atoms with Gasteiger partial charge in [0.2, 0.25) is 0 Å². The van der Waals surface area contributed by atoms with Crippen molar-refractivity contribution in [1.82, 2.24) is 4.98 Å². The number of ether oxygens (including phenoxy) is 1. The Morgan fingerprint density at radius 1 is 1.03 bits per heavy atom. The van der Waals surface area contributed by atoms with Gasteiger partial charge in [0.05, 0.1) is 17.7 Å². The first-order valence-electron chi connectivity index (χ1n) is 10.1. The molecule has 32 heavy (non-hydrogen) atoms. The zero-order chi connectivity index (χ0) is 22.8. The van der Waals surface area contributed by atoms with Crippen LogP contribution in [0, 0.1) is 0 Å². The quantitative estimate of drug-likeness (QED) is 0.298. The van der Waals surface area contributed by atoms with Crippen molar-refractivity contribution in [3.8, 4) is 5.75 Å². The van der Waals surface area contributed by atoms with Gasteiger partial charge in [-0.1, -0.05) is 34.1 Å². The number of amides is 1. The van der Waals surface area contributed by atoms with Crippen molar-refractivity contribution in [1.29, 1.82) is 0 Å². The number of carbonyl (C=O) groups excluding carboxylic acids is 2. The van der Waals surface area contributed by atoms with Crippen molar-refractivity contribution in [3.05, 3.63) is 94.1 Å². The number of aromatic nitrogens is 1. The van der Waals surface area contributed by atoms with Gasteiger partial charge in [0.25, 0.3) is 5.78 Å². The molecule has 1 fully saturated rings. The van der Waals surface area contributed by atoms with Gasteiger partial charge in [0.1, 0.15) is 17.3 Å². The van der Waals surface area contributed by atoms with Crippen LogP contribution in [0.4, 0.5) is 5.82 Å². The SMILES string of the molecule is CC(C)Oc1ccc(/C(O)=C2\C(=O)C(=O)N(c3ccccn3)C2c2ccc(Br)cc2)cc1. The second-order valence-corrected chi connectivity index (χ2v) is 8.52. The predicted molar refractivity (Wildman–Crippen MR) is 125 cm³/mol. The third-order valence-corrected chi connectivity index (χ3v) is 5.55. The molecule has 1 aliphatic rings. The van der Waals surface area contributed by atoms with Crippen LogP contribution in [-0.4, -0.2) is 27.9 Å². The summed E-state index contributed by atoms with van der Waals surface area (Å²) in [4.78, 5) is 31.7. The number of hydrogen-bond donors (Lipinski definition) is 1. The van der Waals surface area contributed by atoms with Crippen LogP contribution < -0.4 is 9.64 Å². The zero-order valence-electron chi connectivity index (χ0n) is 17.5. The fraction of sp³-hybridized carbons (Fsp3) is 0.160. The van der Waals surface area contributed by atoms with Crippen molar-refractivity contribution in [3.63, 3.8) is 0 Å². The van der Waals surface area contributed by atoms with Gasteiger partial charge in [-0.05, 0) is 67.9 Å². The summed E-state index contributed by atoms with van der Waals surface area (Å²) in [6.07, 6.45) is 1.57. The molecule has 0 spiro atoms. The molecule has 0 saturated carbocycles. The normalized spacial score (nSPS) is 17.8. The first kappa shape index (κ1) is 21.8. The number of benzene rings is 2. The maximum absolute atomic E-state index is 13.1. The number of Topliss-reactive ketones (excluding diaryl/α,β-unsaturated/α-hetero) is 1. The molecule has 1 N–H and O–H groups in total. The Bertz CT molecular complexity index is 1170. The van der Waals surface area contributed by atoms with Gasteiger partial charge in [-0.3, -0.25) is 14.5 Å². The van der Waals surface area contributed by atoms with Crippen LogP contribution in [0.15, 0.2) is 83.0 Å². The van der Waals surface area contributed by atoms with E-state index in [-0.39, 0.29) is 17.4 Å². The molecule has 162 valence electrons. The second-order valence-electron chi connectivity index (χ2n) is 7.60. The van der Waals surface area contributed by atoms with E-state index in [2.05, 4.69) is 20.9 Å². The van der Waals surface area contributed by atoms with Crippen molar-refractivity contribution in [2.24, 2.45) is 0 Å². The molecule has 0 radical (unpaired) electrons. The van der Waals surface area contributed by atoms with E-state index in [9.17, 15) is 14.7 Å². The van der Waals surface area contributed by atoms with Gasteiger partial charge in [-0.15, -0.1) is 0 Å². The minimum Gasteiger partial charge on any atom is -0.507 e. The fourth-order valence-corrected chi connectivity index (χ4v) is 3.91. The first-order valence-corrected chi connectivity index (χ1v) is 10.9. The van der Waals surface area contributed by atoms with Gasteiger partial charge in [-0.2, -0.15) is 0 Å². The van der Waals surface area contributed by atoms with Gasteiger partial charge in [-0.25, -0.2) is 4.98 Å². The first-order chi connectivity index (χ1) is 15.4. The number of aliphatic hydroxyl groups excluding tert-OH is 1. The summed E-state index contributed by atoms with van der Waals surface area (Å²) in [7, 11) is 0. The van der Waals surface area contributed by atoms with Crippen molar-refractivity contribution in [2.75, 3.05) is 4.90 Å². The van der Waals surface area contributed by atoms with E-state index in [1.165, 1.54) is 4.90 Å². The standard InChI is InChI=1S/C25H21BrN2O4/c1-15(2)32-19-12-8-17(9-13-19)23(29)21-22(16-6-10-18(26)11-7-16)28(25(31)24(21)30)20-5-3-4-14-27-20/h3-15,22,29H,1-2H3/b23-21+. The Hall–Kier alpha value is -3.45. The molecule has 1 unspecified atom stereocenters. The second kappa shape index (κ2) is 8.96. The number of hydrogen-bond acceptors (Lipinski definition) is 5. The average Bonchev–Trinajstić information content (AvgIpc) is 3.05. The van der Waals surface area contributed by atoms with Crippen LogP contribution in [0.5, 0.6) is 5.75 Å². The molecule has 0 bridgehead atoms. The summed E-state index contributed by atoms with van der Waals surface area (Å²) in [5.41, 5.74) is 1.11. The van der Waals surface area contributed by atoms with Crippen molar-refractivity contribution < 1.29 is 19.4 Å². The highest BCUT2D eigenvalue weighted by Crippen LogP contribution is 2.41. The number of anilines is 1. The largest absolute Gasteiger partial charge is 0.507 e. The maximum atomic E-state index is 13.1. The van der Waals surface area contributed by atoms with Crippen LogP contribution in [0.1, 0.15) is 31.0 Å². The fourth-order valence-electron chi connectivity index (χ4n) is 3.64. The highest BCUT2D eigenvalue weighted by atomic mass is 79.9. The summed E-state index contributed by atoms with van der Waals surface area (Å²) < 4.78 is 6.51. The number of pyridine rings is 1. The lowest BCUT2D eigenvalue weighted by Crippen LogP contribution is -2.30. The minimum absolute atomic E-state index is 0.00977. The minimum atomic E-state index is -0.815. The van der Waals surface area contributed by atoms with E-state index in [1.807, 2.05) is 38.1 Å². The van der Waals surface area contributed by atoms with E-state index < -0.39 is 17.7 Å². The lowest BCUT2D eigenvalue weighted by atomic mass is 9.95. The van der Waals surface area contributed by atoms with E-state index in [0.717, 1.165) is 4.47 Å². The summed E-state index contributed by atoms with van der Waals surface area (Å²) in [5, 5.41) is 11.1. The average molecular weight is 493 g/mol.